The van der Waals surface area contributed by atoms with Crippen LogP contribution in [0.2, 0.25) is 0 Å². The number of amides is 2. The van der Waals surface area contributed by atoms with E-state index >= 15 is 0 Å². The summed E-state index contributed by atoms with van der Waals surface area (Å²) in [5.74, 6) is -0.172. The number of nitrogens with zero attached hydrogens (tertiary/aromatic N) is 1. The van der Waals surface area contributed by atoms with Gasteiger partial charge in [-0.15, -0.1) is 0 Å². The molecule has 3 rings (SSSR count). The number of benzene rings is 2. The molecule has 1 N–H and O–H groups in total. The number of carbonyl (C=O) groups is 2. The normalized spacial score (nSPS) is 18.9. The highest BCUT2D eigenvalue weighted by Gasteiger charge is 2.30. The first kappa shape index (κ1) is 12.7. The van der Waals surface area contributed by atoms with Gasteiger partial charge in [0.15, 0.2) is 0 Å². The van der Waals surface area contributed by atoms with Gasteiger partial charge in [0.05, 0.1) is 0 Å². The van der Waals surface area contributed by atoms with Crippen LogP contribution in [0.25, 0.3) is 10.8 Å². The van der Waals surface area contributed by atoms with E-state index in [1.807, 2.05) is 42.5 Å². The zero-order valence-corrected chi connectivity index (χ0v) is 11.3. The van der Waals surface area contributed by atoms with Gasteiger partial charge in [0.25, 0.3) is 5.91 Å². The van der Waals surface area contributed by atoms with Crippen LogP contribution in [-0.2, 0) is 4.79 Å². The number of hydrogen-bond donors (Lipinski definition) is 1. The molecule has 0 saturated carbocycles. The SMILES string of the molecule is CC1C(=O)NCCN1C(=O)c1cccc2ccccc12. The smallest absolute Gasteiger partial charge is 0.255 e. The fourth-order valence-electron chi connectivity index (χ4n) is 2.63. The summed E-state index contributed by atoms with van der Waals surface area (Å²) in [6.45, 7) is 2.83. The summed E-state index contributed by atoms with van der Waals surface area (Å²) in [7, 11) is 0. The van der Waals surface area contributed by atoms with Gasteiger partial charge in [-0.2, -0.15) is 0 Å². The molecule has 1 aliphatic heterocycles. The number of hydrogen-bond acceptors (Lipinski definition) is 2. The summed E-state index contributed by atoms with van der Waals surface area (Å²) in [6, 6.07) is 13.1. The summed E-state index contributed by atoms with van der Waals surface area (Å²) in [5, 5.41) is 4.74. The van der Waals surface area contributed by atoms with E-state index in [-0.39, 0.29) is 11.8 Å². The minimum absolute atomic E-state index is 0.0795. The molecule has 0 aliphatic carbocycles. The van der Waals surface area contributed by atoms with E-state index in [1.165, 1.54) is 0 Å². The lowest BCUT2D eigenvalue weighted by Crippen LogP contribution is -2.55. The second kappa shape index (κ2) is 4.96. The Morgan fingerprint density at radius 2 is 1.95 bits per heavy atom. The van der Waals surface area contributed by atoms with Crippen molar-refractivity contribution >= 4 is 22.6 Å². The second-order valence-electron chi connectivity index (χ2n) is 4.99. The Bertz CT molecular complexity index is 676. The van der Waals surface area contributed by atoms with Gasteiger partial charge in [0, 0.05) is 18.7 Å². The highest BCUT2D eigenvalue weighted by atomic mass is 16.2. The molecule has 1 heterocycles. The maximum Gasteiger partial charge on any atom is 0.255 e. The van der Waals surface area contributed by atoms with Crippen molar-refractivity contribution in [2.45, 2.75) is 13.0 Å². The Balaban J connectivity index is 2.02. The van der Waals surface area contributed by atoms with E-state index in [1.54, 1.807) is 11.8 Å². The van der Waals surface area contributed by atoms with Gasteiger partial charge in [-0.1, -0.05) is 36.4 Å². The van der Waals surface area contributed by atoms with Crippen molar-refractivity contribution in [1.82, 2.24) is 10.2 Å². The van der Waals surface area contributed by atoms with Crippen LogP contribution in [-0.4, -0.2) is 35.8 Å². The summed E-state index contributed by atoms with van der Waals surface area (Å²) in [6.07, 6.45) is 0. The van der Waals surface area contributed by atoms with E-state index in [4.69, 9.17) is 0 Å². The molecule has 2 amide bonds. The van der Waals surface area contributed by atoms with E-state index in [0.29, 0.717) is 18.7 Å². The van der Waals surface area contributed by atoms with Crippen LogP contribution in [0.15, 0.2) is 42.5 Å². The van der Waals surface area contributed by atoms with Crippen molar-refractivity contribution in [3.63, 3.8) is 0 Å². The molecule has 2 aromatic rings. The van der Waals surface area contributed by atoms with Gasteiger partial charge in [-0.3, -0.25) is 9.59 Å². The molecule has 1 atom stereocenters. The second-order valence-corrected chi connectivity index (χ2v) is 4.99. The molecule has 1 saturated heterocycles. The maximum atomic E-state index is 12.7. The first-order valence-electron chi connectivity index (χ1n) is 6.75. The van der Waals surface area contributed by atoms with Crippen LogP contribution in [0, 0.1) is 0 Å². The van der Waals surface area contributed by atoms with Gasteiger partial charge >= 0.3 is 0 Å². The van der Waals surface area contributed by atoms with Crippen molar-refractivity contribution < 1.29 is 9.59 Å². The lowest BCUT2D eigenvalue weighted by Gasteiger charge is -2.33. The van der Waals surface area contributed by atoms with Gasteiger partial charge in [0.2, 0.25) is 5.91 Å². The molecule has 0 radical (unpaired) electrons. The molecule has 1 unspecified atom stereocenters. The van der Waals surface area contributed by atoms with Crippen LogP contribution >= 0.6 is 0 Å². The molecular formula is C16H16N2O2. The van der Waals surface area contributed by atoms with Crippen LogP contribution < -0.4 is 5.32 Å². The van der Waals surface area contributed by atoms with Crippen molar-refractivity contribution in [3.05, 3.63) is 48.0 Å². The number of fused-ring (bicyclic) bond motifs is 1. The van der Waals surface area contributed by atoms with Crippen LogP contribution in [0.4, 0.5) is 0 Å². The highest BCUT2D eigenvalue weighted by Crippen LogP contribution is 2.21. The van der Waals surface area contributed by atoms with E-state index < -0.39 is 6.04 Å². The predicted octanol–water partition coefficient (Wildman–Crippen LogP) is 1.80. The molecule has 1 aliphatic rings. The highest BCUT2D eigenvalue weighted by molar-refractivity contribution is 6.08. The fourth-order valence-corrected chi connectivity index (χ4v) is 2.63. The summed E-state index contributed by atoms with van der Waals surface area (Å²) < 4.78 is 0. The summed E-state index contributed by atoms with van der Waals surface area (Å²) in [4.78, 5) is 26.1. The monoisotopic (exact) mass is 268 g/mol. The van der Waals surface area contributed by atoms with E-state index in [0.717, 1.165) is 10.8 Å². The molecular weight excluding hydrogens is 252 g/mol. The zero-order chi connectivity index (χ0) is 14.1. The minimum Gasteiger partial charge on any atom is -0.353 e. The van der Waals surface area contributed by atoms with E-state index in [2.05, 4.69) is 5.32 Å². The lowest BCUT2D eigenvalue weighted by molar-refractivity contribution is -0.127. The standard InChI is InChI=1S/C16H16N2O2/c1-11-15(19)17-9-10-18(11)16(20)14-8-4-6-12-5-2-3-7-13(12)14/h2-8,11H,9-10H2,1H3,(H,17,19). The quantitative estimate of drug-likeness (QED) is 0.857. The molecule has 1 fully saturated rings. The molecule has 0 spiro atoms. The first-order valence-corrected chi connectivity index (χ1v) is 6.75. The average Bonchev–Trinajstić information content (AvgIpc) is 2.49. The lowest BCUT2D eigenvalue weighted by atomic mass is 10.0. The Morgan fingerprint density at radius 1 is 1.20 bits per heavy atom. The number of nitrogens with one attached hydrogen (secondary N) is 1. The summed E-state index contributed by atoms with van der Waals surface area (Å²) in [5.41, 5.74) is 0.657. The number of piperazine rings is 1. The fraction of sp³-hybridized carbons (Fsp3) is 0.250. The summed E-state index contributed by atoms with van der Waals surface area (Å²) >= 11 is 0. The molecule has 0 bridgehead atoms. The predicted molar refractivity (Wildman–Crippen MR) is 77.5 cm³/mol. The van der Waals surface area contributed by atoms with Crippen molar-refractivity contribution in [2.75, 3.05) is 13.1 Å². The van der Waals surface area contributed by atoms with Gasteiger partial charge < -0.3 is 10.2 Å². The number of carbonyl (C=O) groups excluding carboxylic acids is 2. The Hall–Kier alpha value is -2.36. The van der Waals surface area contributed by atoms with Crippen molar-refractivity contribution in [1.29, 1.82) is 0 Å². The zero-order valence-electron chi connectivity index (χ0n) is 11.3. The average molecular weight is 268 g/mol. The van der Waals surface area contributed by atoms with Gasteiger partial charge in [-0.05, 0) is 23.8 Å². The maximum absolute atomic E-state index is 12.7. The van der Waals surface area contributed by atoms with Crippen LogP contribution in [0.5, 0.6) is 0 Å². The minimum atomic E-state index is -0.421. The third kappa shape index (κ3) is 2.03. The molecule has 20 heavy (non-hydrogen) atoms. The molecule has 4 nitrogen and oxygen atoms in total. The van der Waals surface area contributed by atoms with Crippen LogP contribution in [0.1, 0.15) is 17.3 Å². The molecule has 0 aromatic heterocycles. The number of rotatable bonds is 1. The molecule has 102 valence electrons. The van der Waals surface area contributed by atoms with Crippen molar-refractivity contribution in [2.24, 2.45) is 0 Å². The third-order valence-electron chi connectivity index (χ3n) is 3.78. The Morgan fingerprint density at radius 3 is 2.80 bits per heavy atom. The first-order chi connectivity index (χ1) is 9.68. The van der Waals surface area contributed by atoms with Crippen molar-refractivity contribution in [3.8, 4) is 0 Å². The topological polar surface area (TPSA) is 49.4 Å². The Labute approximate surface area is 117 Å². The third-order valence-corrected chi connectivity index (χ3v) is 3.78. The van der Waals surface area contributed by atoms with Gasteiger partial charge in [-0.25, -0.2) is 0 Å². The van der Waals surface area contributed by atoms with E-state index in [9.17, 15) is 9.59 Å². The largest absolute Gasteiger partial charge is 0.353 e. The van der Waals surface area contributed by atoms with Gasteiger partial charge in [0.1, 0.15) is 6.04 Å². The molecule has 4 heteroatoms. The Kier molecular flexibility index (Phi) is 3.14. The van der Waals surface area contributed by atoms with Crippen LogP contribution in [0.3, 0.4) is 0 Å². The molecule has 2 aromatic carbocycles.